The maximum atomic E-state index is 10.2. The standard InChI is InChI=1S/C18H26O2/c1-20-12-3-5-13-11(10-12)2-4-15-14(13)6-7-17-16(15)8-9-18(17)19/h3,14-19H,2,4-10H2,1H3/t14-,15-,16+,17+,18+/m1/s1. The third-order valence-electron chi connectivity index (χ3n) is 6.60. The summed E-state index contributed by atoms with van der Waals surface area (Å²) in [6.45, 7) is 0. The first-order chi connectivity index (χ1) is 9.78. The van der Waals surface area contributed by atoms with Crippen molar-refractivity contribution < 1.29 is 9.84 Å². The maximum absolute atomic E-state index is 10.2. The van der Waals surface area contributed by atoms with E-state index in [1.54, 1.807) is 18.3 Å². The smallest absolute Gasteiger partial charge is 0.0959 e. The summed E-state index contributed by atoms with van der Waals surface area (Å²) in [5.74, 6) is 4.28. The molecule has 5 atom stereocenters. The van der Waals surface area contributed by atoms with Gasteiger partial charge in [-0.15, -0.1) is 0 Å². The lowest BCUT2D eigenvalue weighted by molar-refractivity contribution is 0.0451. The molecule has 0 bridgehead atoms. The largest absolute Gasteiger partial charge is 0.501 e. The van der Waals surface area contributed by atoms with Crippen LogP contribution in [-0.4, -0.2) is 18.3 Å². The van der Waals surface area contributed by atoms with Crippen LogP contribution in [0.3, 0.4) is 0 Å². The predicted molar refractivity (Wildman–Crippen MR) is 79.0 cm³/mol. The third-order valence-corrected chi connectivity index (χ3v) is 6.60. The van der Waals surface area contributed by atoms with Gasteiger partial charge in [-0.3, -0.25) is 0 Å². The Balaban J connectivity index is 1.58. The van der Waals surface area contributed by atoms with Crippen LogP contribution in [0.5, 0.6) is 0 Å². The van der Waals surface area contributed by atoms with E-state index in [1.165, 1.54) is 37.9 Å². The summed E-state index contributed by atoms with van der Waals surface area (Å²) >= 11 is 0. The number of fused-ring (bicyclic) bond motifs is 4. The lowest BCUT2D eigenvalue weighted by Crippen LogP contribution is -2.38. The average molecular weight is 274 g/mol. The number of allylic oxidation sites excluding steroid dienone is 3. The van der Waals surface area contributed by atoms with E-state index in [9.17, 15) is 5.11 Å². The van der Waals surface area contributed by atoms with Crippen LogP contribution in [0.1, 0.15) is 51.4 Å². The highest BCUT2D eigenvalue weighted by molar-refractivity contribution is 5.32. The second-order valence-corrected chi connectivity index (χ2v) is 7.24. The Labute approximate surface area is 121 Å². The fourth-order valence-corrected chi connectivity index (χ4v) is 5.67. The molecule has 0 heterocycles. The van der Waals surface area contributed by atoms with Crippen molar-refractivity contribution in [3.8, 4) is 0 Å². The number of methoxy groups -OCH3 is 1. The molecule has 0 radical (unpaired) electrons. The highest BCUT2D eigenvalue weighted by Gasteiger charge is 2.47. The Kier molecular flexibility index (Phi) is 3.17. The number of rotatable bonds is 1. The minimum Gasteiger partial charge on any atom is -0.501 e. The van der Waals surface area contributed by atoms with E-state index in [4.69, 9.17) is 4.74 Å². The molecule has 0 aromatic carbocycles. The quantitative estimate of drug-likeness (QED) is 0.737. The van der Waals surface area contributed by atoms with Gasteiger partial charge < -0.3 is 9.84 Å². The third kappa shape index (κ3) is 1.88. The zero-order valence-electron chi connectivity index (χ0n) is 12.5. The molecule has 1 N–H and O–H groups in total. The Morgan fingerprint density at radius 1 is 1.05 bits per heavy atom. The molecule has 2 heteroatoms. The molecule has 0 amide bonds. The molecule has 4 aliphatic carbocycles. The molecule has 110 valence electrons. The van der Waals surface area contributed by atoms with Crippen LogP contribution >= 0.6 is 0 Å². The first-order valence-electron chi connectivity index (χ1n) is 8.39. The highest BCUT2D eigenvalue weighted by atomic mass is 16.5. The summed E-state index contributed by atoms with van der Waals surface area (Å²) in [7, 11) is 1.80. The van der Waals surface area contributed by atoms with Gasteiger partial charge >= 0.3 is 0 Å². The molecule has 4 aliphatic rings. The summed E-state index contributed by atoms with van der Waals surface area (Å²) < 4.78 is 5.45. The molecule has 0 aromatic heterocycles. The van der Waals surface area contributed by atoms with E-state index in [1.807, 2.05) is 0 Å². The maximum Gasteiger partial charge on any atom is 0.0959 e. The molecule has 4 rings (SSSR count). The molecule has 0 unspecified atom stereocenters. The Morgan fingerprint density at radius 3 is 2.75 bits per heavy atom. The minimum absolute atomic E-state index is 0.00247. The lowest BCUT2D eigenvalue weighted by atomic mass is 9.59. The topological polar surface area (TPSA) is 29.5 Å². The van der Waals surface area contributed by atoms with Crippen LogP contribution in [0.2, 0.25) is 0 Å². The van der Waals surface area contributed by atoms with E-state index in [-0.39, 0.29) is 6.10 Å². The van der Waals surface area contributed by atoms with Crippen molar-refractivity contribution in [2.24, 2.45) is 23.7 Å². The Morgan fingerprint density at radius 2 is 1.90 bits per heavy atom. The molecule has 0 spiro atoms. The number of aliphatic hydroxyl groups is 1. The molecule has 2 saturated carbocycles. The van der Waals surface area contributed by atoms with Crippen molar-refractivity contribution in [3.63, 3.8) is 0 Å². The minimum atomic E-state index is 0.00247. The first-order valence-corrected chi connectivity index (χ1v) is 8.39. The predicted octanol–water partition coefficient (Wildman–Crippen LogP) is 3.81. The lowest BCUT2D eigenvalue weighted by Gasteiger charge is -2.46. The fraction of sp³-hybridized carbons (Fsp3) is 0.778. The van der Waals surface area contributed by atoms with E-state index in [2.05, 4.69) is 6.08 Å². The number of ether oxygens (including phenoxy) is 1. The van der Waals surface area contributed by atoms with Gasteiger partial charge in [0.15, 0.2) is 0 Å². The van der Waals surface area contributed by atoms with Crippen LogP contribution in [0.15, 0.2) is 23.0 Å². The Bertz CT molecular complexity index is 462. The summed E-state index contributed by atoms with van der Waals surface area (Å²) in [6.07, 6.45) is 12.0. The number of hydrogen-bond donors (Lipinski definition) is 1. The normalized spacial score (nSPS) is 43.5. The highest BCUT2D eigenvalue weighted by Crippen LogP contribution is 2.55. The van der Waals surface area contributed by atoms with Gasteiger partial charge in [0, 0.05) is 6.42 Å². The number of aliphatic hydroxyl groups excluding tert-OH is 1. The van der Waals surface area contributed by atoms with Gasteiger partial charge in [0.1, 0.15) is 0 Å². The van der Waals surface area contributed by atoms with E-state index >= 15 is 0 Å². The van der Waals surface area contributed by atoms with Crippen LogP contribution in [0, 0.1) is 23.7 Å². The summed E-state index contributed by atoms with van der Waals surface area (Å²) in [6, 6.07) is 0. The van der Waals surface area contributed by atoms with Crippen molar-refractivity contribution in [1.29, 1.82) is 0 Å². The van der Waals surface area contributed by atoms with Gasteiger partial charge in [-0.2, -0.15) is 0 Å². The van der Waals surface area contributed by atoms with E-state index in [0.717, 1.165) is 37.0 Å². The average Bonchev–Trinajstić information content (AvgIpc) is 2.88. The van der Waals surface area contributed by atoms with Gasteiger partial charge in [0.25, 0.3) is 0 Å². The fourth-order valence-electron chi connectivity index (χ4n) is 5.67. The van der Waals surface area contributed by atoms with Crippen molar-refractivity contribution in [3.05, 3.63) is 23.0 Å². The molecule has 2 nitrogen and oxygen atoms in total. The van der Waals surface area contributed by atoms with Gasteiger partial charge in [-0.05, 0) is 74.7 Å². The van der Waals surface area contributed by atoms with Crippen molar-refractivity contribution in [1.82, 2.24) is 0 Å². The molecular weight excluding hydrogens is 248 g/mol. The van der Waals surface area contributed by atoms with Crippen LogP contribution in [0.25, 0.3) is 0 Å². The molecule has 20 heavy (non-hydrogen) atoms. The first kappa shape index (κ1) is 12.9. The molecule has 0 saturated heterocycles. The van der Waals surface area contributed by atoms with Crippen LogP contribution < -0.4 is 0 Å². The zero-order chi connectivity index (χ0) is 13.7. The number of hydrogen-bond acceptors (Lipinski definition) is 2. The second kappa shape index (κ2) is 4.91. The molecule has 0 aromatic rings. The SMILES string of the molecule is COC1=CCC2=C(CC[C@H]3[C@@H]4CC[C@H](O)[C@H]4CC[C@H]23)C1. The van der Waals surface area contributed by atoms with Gasteiger partial charge in [-0.1, -0.05) is 11.1 Å². The van der Waals surface area contributed by atoms with Crippen molar-refractivity contribution in [2.45, 2.75) is 57.5 Å². The van der Waals surface area contributed by atoms with E-state index in [0.29, 0.717) is 5.92 Å². The molecular formula is C18H26O2. The van der Waals surface area contributed by atoms with Crippen molar-refractivity contribution in [2.75, 3.05) is 7.11 Å². The summed E-state index contributed by atoms with van der Waals surface area (Å²) in [5, 5.41) is 10.2. The second-order valence-electron chi connectivity index (χ2n) is 7.24. The summed E-state index contributed by atoms with van der Waals surface area (Å²) in [4.78, 5) is 0. The monoisotopic (exact) mass is 274 g/mol. The van der Waals surface area contributed by atoms with Gasteiger partial charge in [-0.25, -0.2) is 0 Å². The van der Waals surface area contributed by atoms with Crippen LogP contribution in [0.4, 0.5) is 0 Å². The van der Waals surface area contributed by atoms with Gasteiger partial charge in [0.2, 0.25) is 0 Å². The van der Waals surface area contributed by atoms with Gasteiger partial charge in [0.05, 0.1) is 19.0 Å². The molecule has 2 fully saturated rings. The Hall–Kier alpha value is -0.760. The van der Waals surface area contributed by atoms with E-state index < -0.39 is 0 Å². The summed E-state index contributed by atoms with van der Waals surface area (Å²) in [5.41, 5.74) is 3.43. The molecule has 0 aliphatic heterocycles. The van der Waals surface area contributed by atoms with Crippen LogP contribution in [-0.2, 0) is 4.74 Å². The zero-order valence-corrected chi connectivity index (χ0v) is 12.5. The van der Waals surface area contributed by atoms with Crippen molar-refractivity contribution >= 4 is 0 Å².